The summed E-state index contributed by atoms with van der Waals surface area (Å²) in [5.74, 6) is -0.169. The quantitative estimate of drug-likeness (QED) is 0.0243. The minimum absolute atomic E-state index is 0.0641. The van der Waals surface area contributed by atoms with Gasteiger partial charge in [-0.15, -0.1) is 0 Å². The number of amides is 1. The van der Waals surface area contributed by atoms with Gasteiger partial charge in [-0.25, -0.2) is 4.57 Å². The summed E-state index contributed by atoms with van der Waals surface area (Å²) >= 11 is 0. The van der Waals surface area contributed by atoms with Crippen LogP contribution < -0.4 is 5.32 Å². The van der Waals surface area contributed by atoms with Crippen LogP contribution in [-0.2, 0) is 18.4 Å². The lowest BCUT2D eigenvalue weighted by atomic mass is 10.0. The molecule has 8 nitrogen and oxygen atoms in total. The van der Waals surface area contributed by atoms with Crippen molar-refractivity contribution >= 4 is 13.7 Å². The van der Waals surface area contributed by atoms with E-state index in [2.05, 4.69) is 43.5 Å². The van der Waals surface area contributed by atoms with E-state index in [1.54, 1.807) is 6.08 Å². The number of carbonyl (C=O) groups is 1. The van der Waals surface area contributed by atoms with Crippen molar-refractivity contribution in [3.05, 3.63) is 36.5 Å². The highest BCUT2D eigenvalue weighted by Gasteiger charge is 2.28. The van der Waals surface area contributed by atoms with E-state index in [0.717, 1.165) is 38.5 Å². The van der Waals surface area contributed by atoms with E-state index in [1.807, 2.05) is 27.2 Å². The second kappa shape index (κ2) is 62.3. The summed E-state index contributed by atoms with van der Waals surface area (Å²) in [5.41, 5.74) is 0. The molecule has 0 spiro atoms. The molecular weight excluding hydrogens is 1010 g/mol. The molecule has 0 saturated carbocycles. The van der Waals surface area contributed by atoms with Gasteiger partial charge in [0.05, 0.1) is 39.9 Å². The maximum atomic E-state index is 13.0. The molecule has 0 fully saturated rings. The molecule has 0 radical (unpaired) electrons. The molecule has 1 amide bonds. The maximum Gasteiger partial charge on any atom is 0.472 e. The smallest absolute Gasteiger partial charge is 0.387 e. The van der Waals surface area contributed by atoms with Crippen molar-refractivity contribution in [1.29, 1.82) is 0 Å². The van der Waals surface area contributed by atoms with Crippen LogP contribution >= 0.6 is 7.82 Å². The minimum atomic E-state index is -4.35. The van der Waals surface area contributed by atoms with E-state index in [0.29, 0.717) is 17.4 Å². The van der Waals surface area contributed by atoms with Crippen LogP contribution in [0.1, 0.15) is 361 Å². The Kier molecular flexibility index (Phi) is 61.3. The lowest BCUT2D eigenvalue weighted by molar-refractivity contribution is -0.870. The minimum Gasteiger partial charge on any atom is -0.387 e. The first kappa shape index (κ1) is 78.7. The molecule has 0 heterocycles. The van der Waals surface area contributed by atoms with E-state index < -0.39 is 20.0 Å². The van der Waals surface area contributed by atoms with Gasteiger partial charge < -0.3 is 19.8 Å². The van der Waals surface area contributed by atoms with Crippen molar-refractivity contribution in [1.82, 2.24) is 5.32 Å². The van der Waals surface area contributed by atoms with Gasteiger partial charge in [0.25, 0.3) is 0 Å². The Labute approximate surface area is 499 Å². The number of nitrogens with zero attached hydrogens (tertiary/aromatic N) is 1. The van der Waals surface area contributed by atoms with Gasteiger partial charge in [0.15, 0.2) is 0 Å². The molecule has 80 heavy (non-hydrogen) atoms. The molecule has 0 aromatic heterocycles. The third-order valence-electron chi connectivity index (χ3n) is 16.4. The normalized spacial score (nSPS) is 13.8. The predicted octanol–water partition coefficient (Wildman–Crippen LogP) is 22.4. The van der Waals surface area contributed by atoms with E-state index >= 15 is 0 Å². The number of allylic oxidation sites excluding steroid dienone is 5. The van der Waals surface area contributed by atoms with Gasteiger partial charge in [-0.2, -0.15) is 0 Å². The zero-order valence-electron chi connectivity index (χ0n) is 54.3. The second-order valence-electron chi connectivity index (χ2n) is 25.6. The summed E-state index contributed by atoms with van der Waals surface area (Å²) in [7, 11) is 1.59. The highest BCUT2D eigenvalue weighted by Crippen LogP contribution is 2.43. The lowest BCUT2D eigenvalue weighted by Crippen LogP contribution is -2.45. The highest BCUT2D eigenvalue weighted by molar-refractivity contribution is 7.47. The Balaban J connectivity index is 3.91. The summed E-state index contributed by atoms with van der Waals surface area (Å²) in [6, 6.07) is -0.845. The van der Waals surface area contributed by atoms with E-state index in [9.17, 15) is 19.4 Å². The number of phosphoric acid groups is 1. The number of hydrogen-bond donors (Lipinski definition) is 3. The molecule has 0 aliphatic carbocycles. The number of quaternary nitrogens is 1. The molecule has 0 aromatic rings. The van der Waals surface area contributed by atoms with Gasteiger partial charge in [0.1, 0.15) is 13.2 Å². The monoisotopic (exact) mass is 1150 g/mol. The largest absolute Gasteiger partial charge is 0.472 e. The van der Waals surface area contributed by atoms with Crippen LogP contribution in [0, 0.1) is 0 Å². The van der Waals surface area contributed by atoms with Gasteiger partial charge in [0.2, 0.25) is 5.91 Å². The van der Waals surface area contributed by atoms with Gasteiger partial charge in [-0.3, -0.25) is 13.8 Å². The summed E-state index contributed by atoms with van der Waals surface area (Å²) < 4.78 is 23.8. The summed E-state index contributed by atoms with van der Waals surface area (Å²) in [6.45, 7) is 4.86. The average Bonchev–Trinajstić information content (AvgIpc) is 3.42. The Morgan fingerprint density at radius 3 is 1.02 bits per heavy atom. The molecule has 0 aliphatic rings. The number of unbranched alkanes of at least 4 members (excludes halogenated alkanes) is 49. The second-order valence-corrected chi connectivity index (χ2v) is 27.1. The van der Waals surface area contributed by atoms with Gasteiger partial charge in [-0.05, 0) is 51.4 Å². The molecule has 3 N–H and O–H groups in total. The van der Waals surface area contributed by atoms with Crippen molar-refractivity contribution < 1.29 is 32.9 Å². The number of likely N-dealkylation sites (N-methyl/N-ethyl adjacent to an activating group) is 1. The molecule has 0 rings (SSSR count). The van der Waals surface area contributed by atoms with Crippen molar-refractivity contribution in [3.63, 3.8) is 0 Å². The fraction of sp³-hybridized carbons (Fsp3) is 0.901. The molecule has 0 saturated heterocycles. The summed E-state index contributed by atoms with van der Waals surface area (Å²) in [4.78, 5) is 23.4. The molecule has 9 heteroatoms. The zero-order chi connectivity index (χ0) is 58.4. The Morgan fingerprint density at radius 1 is 0.425 bits per heavy atom. The standard InChI is InChI=1S/C71H139N2O6P/c1-6-8-10-12-14-16-18-20-22-24-26-27-28-29-30-31-32-33-34-35-36-37-38-39-40-41-42-43-44-45-47-49-51-53-55-57-59-61-63-65-71(75)72-69(68-79-80(76,77)78-67-66-73(3,4)5)70(74)64-62-60-58-56-54-52-50-48-46-25-23-21-19-17-15-13-11-9-7-2/h18,20,24,26,62,64,69-70,74H,6-17,19,21-23,25,27-61,63,65-68H2,1-5H3,(H-,72,75,76,77)/p+1/b20-18-,26-24-,64-62+. The Hall–Kier alpha value is -1.28. The summed E-state index contributed by atoms with van der Waals surface area (Å²) in [5, 5.41) is 14.0. The Bertz CT molecular complexity index is 1400. The number of carbonyl (C=O) groups excluding carboxylic acids is 1. The number of hydrogen-bond acceptors (Lipinski definition) is 5. The van der Waals surface area contributed by atoms with Gasteiger partial charge >= 0.3 is 7.82 Å². The molecule has 3 unspecified atom stereocenters. The molecule has 0 aromatic carbocycles. The molecule has 0 aliphatic heterocycles. The molecule has 0 bridgehead atoms. The first-order valence-corrected chi connectivity index (χ1v) is 36.9. The number of aliphatic hydroxyl groups excluding tert-OH is 1. The van der Waals surface area contributed by atoms with Crippen LogP contribution in [0.4, 0.5) is 0 Å². The first-order chi connectivity index (χ1) is 39.0. The number of rotatable bonds is 66. The topological polar surface area (TPSA) is 105 Å². The first-order valence-electron chi connectivity index (χ1n) is 35.4. The van der Waals surface area contributed by atoms with E-state index in [4.69, 9.17) is 9.05 Å². The number of aliphatic hydroxyl groups is 1. The fourth-order valence-corrected chi connectivity index (χ4v) is 11.6. The van der Waals surface area contributed by atoms with E-state index in [-0.39, 0.29) is 19.1 Å². The van der Waals surface area contributed by atoms with Gasteiger partial charge in [0, 0.05) is 6.42 Å². The van der Waals surface area contributed by atoms with Crippen LogP contribution in [0.15, 0.2) is 36.5 Å². The SMILES string of the molecule is CCCCCCC/C=C\C/C=C\CCCCCCCCCCCCCCCCCCCCCCCCCCCCCC(=O)NC(COP(=O)(O)OCC[N+](C)(C)C)C(O)/C=C/CCCCCCCCCCCCCCCCCCC. The Morgan fingerprint density at radius 2 is 0.713 bits per heavy atom. The lowest BCUT2D eigenvalue weighted by Gasteiger charge is -2.25. The van der Waals surface area contributed by atoms with Crippen molar-refractivity contribution in [2.24, 2.45) is 0 Å². The van der Waals surface area contributed by atoms with Crippen molar-refractivity contribution in [2.75, 3.05) is 40.9 Å². The van der Waals surface area contributed by atoms with Crippen LogP contribution in [-0.4, -0.2) is 73.4 Å². The number of phosphoric ester groups is 1. The maximum absolute atomic E-state index is 13.0. The molecule has 3 atom stereocenters. The van der Waals surface area contributed by atoms with Crippen LogP contribution in [0.2, 0.25) is 0 Å². The molecular formula is C71H140N2O6P+. The zero-order valence-corrected chi connectivity index (χ0v) is 55.2. The van der Waals surface area contributed by atoms with E-state index in [1.165, 1.54) is 302 Å². The average molecular weight is 1150 g/mol. The van der Waals surface area contributed by atoms with Crippen LogP contribution in [0.25, 0.3) is 0 Å². The fourth-order valence-electron chi connectivity index (χ4n) is 10.8. The summed E-state index contributed by atoms with van der Waals surface area (Å²) in [6.07, 6.45) is 83.0. The van der Waals surface area contributed by atoms with Crippen molar-refractivity contribution in [2.45, 2.75) is 373 Å². The van der Waals surface area contributed by atoms with Crippen LogP contribution in [0.5, 0.6) is 0 Å². The third kappa shape index (κ3) is 64.3. The third-order valence-corrected chi connectivity index (χ3v) is 17.3. The predicted molar refractivity (Wildman–Crippen MR) is 351 cm³/mol. The number of nitrogens with one attached hydrogen (secondary N) is 1. The molecule has 474 valence electrons. The van der Waals surface area contributed by atoms with Gasteiger partial charge in [-0.1, -0.05) is 339 Å². The van der Waals surface area contributed by atoms with Crippen molar-refractivity contribution in [3.8, 4) is 0 Å². The highest BCUT2D eigenvalue weighted by atomic mass is 31.2. The van der Waals surface area contributed by atoms with Crippen LogP contribution in [0.3, 0.4) is 0 Å².